The van der Waals surface area contributed by atoms with Crippen molar-refractivity contribution in [1.29, 1.82) is 0 Å². The zero-order chi connectivity index (χ0) is 19.2. The lowest BCUT2D eigenvalue weighted by molar-refractivity contribution is -0.142. The first-order valence-corrected chi connectivity index (χ1v) is 9.99. The highest BCUT2D eigenvalue weighted by atomic mass is 32.2. The van der Waals surface area contributed by atoms with E-state index in [-0.39, 0.29) is 24.8 Å². The summed E-state index contributed by atoms with van der Waals surface area (Å²) in [5.74, 6) is -0.968. The summed E-state index contributed by atoms with van der Waals surface area (Å²) in [4.78, 5) is 22.9. The number of nitrogens with one attached hydrogen (secondary N) is 1. The quantitative estimate of drug-likeness (QED) is 0.729. The molecule has 0 radical (unpaired) electrons. The molecule has 0 aromatic heterocycles. The molecule has 0 bridgehead atoms. The number of carbonyl (C=O) groups is 2. The summed E-state index contributed by atoms with van der Waals surface area (Å²) < 4.78 is 37.9. The average molecular weight is 381 g/mol. The van der Waals surface area contributed by atoms with E-state index in [4.69, 9.17) is 9.47 Å². The second kappa shape index (κ2) is 8.84. The van der Waals surface area contributed by atoms with E-state index in [0.29, 0.717) is 24.9 Å². The van der Waals surface area contributed by atoms with Gasteiger partial charge < -0.3 is 9.47 Å². The van der Waals surface area contributed by atoms with E-state index in [1.807, 2.05) is 0 Å². The van der Waals surface area contributed by atoms with Crippen molar-refractivity contribution in [2.24, 2.45) is 0 Å². The maximum absolute atomic E-state index is 12.7. The van der Waals surface area contributed by atoms with Crippen LogP contribution in [0.2, 0.25) is 0 Å². The molecule has 26 heavy (non-hydrogen) atoms. The molecule has 142 valence electrons. The normalized spacial score (nSPS) is 17.2. The molecule has 1 atom stereocenters. The number of anilines is 1. The molecule has 0 saturated carbocycles. The van der Waals surface area contributed by atoms with Crippen molar-refractivity contribution in [1.82, 2.24) is 0 Å². The van der Waals surface area contributed by atoms with E-state index in [9.17, 15) is 18.0 Å². The zero-order valence-electron chi connectivity index (χ0n) is 14.9. The highest BCUT2D eigenvalue weighted by Gasteiger charge is 2.35. The monoisotopic (exact) mass is 381 g/mol. The van der Waals surface area contributed by atoms with Crippen LogP contribution in [0, 0.1) is 0 Å². The molecule has 0 spiro atoms. The number of carbonyl (C=O) groups excluding carboxylic acids is 2. The second-order valence-electron chi connectivity index (χ2n) is 5.92. The lowest BCUT2D eigenvalue weighted by Gasteiger charge is -2.23. The molecule has 0 heterocycles. The Morgan fingerprint density at radius 2 is 1.88 bits per heavy atom. The lowest BCUT2D eigenvalue weighted by atomic mass is 9.99. The number of rotatable bonds is 7. The fourth-order valence-corrected chi connectivity index (χ4v) is 4.30. The number of hydrogen-bond donors (Lipinski definition) is 1. The number of hydrogen-bond acceptors (Lipinski definition) is 6. The molecule has 1 aromatic rings. The van der Waals surface area contributed by atoms with Gasteiger partial charge in [-0.1, -0.05) is 18.2 Å². The minimum atomic E-state index is -3.79. The Balaban J connectivity index is 2.11. The first-order chi connectivity index (χ1) is 12.3. The van der Waals surface area contributed by atoms with Gasteiger partial charge in [0.1, 0.15) is 11.9 Å². The number of ether oxygens (including phenoxy) is 2. The molecule has 1 aliphatic carbocycles. The molecule has 0 saturated heterocycles. The van der Waals surface area contributed by atoms with E-state index in [0.717, 1.165) is 5.56 Å². The average Bonchev–Trinajstić information content (AvgIpc) is 2.61. The molecule has 1 unspecified atom stereocenters. The first-order valence-electron chi connectivity index (χ1n) is 8.44. The van der Waals surface area contributed by atoms with Crippen molar-refractivity contribution >= 4 is 27.6 Å². The third kappa shape index (κ3) is 5.32. The van der Waals surface area contributed by atoms with Crippen molar-refractivity contribution in [3.63, 3.8) is 0 Å². The molecule has 7 nitrogen and oxygen atoms in total. The van der Waals surface area contributed by atoms with Crippen molar-refractivity contribution in [2.45, 2.75) is 45.0 Å². The molecular formula is C18H23NO6S. The van der Waals surface area contributed by atoms with Crippen molar-refractivity contribution < 1.29 is 27.5 Å². The van der Waals surface area contributed by atoms with Crippen LogP contribution in [0.1, 0.15) is 38.7 Å². The predicted molar refractivity (Wildman–Crippen MR) is 96.8 cm³/mol. The number of benzene rings is 1. The van der Waals surface area contributed by atoms with Crippen molar-refractivity contribution in [3.8, 4) is 0 Å². The topological polar surface area (TPSA) is 98.8 Å². The number of sulfonamides is 1. The molecular weight excluding hydrogens is 358 g/mol. The molecule has 1 N–H and O–H groups in total. The van der Waals surface area contributed by atoms with E-state index < -0.39 is 21.2 Å². The molecule has 0 fully saturated rings. The Bertz CT molecular complexity index is 782. The maximum Gasteiger partial charge on any atom is 0.335 e. The van der Waals surface area contributed by atoms with Crippen LogP contribution in [-0.4, -0.2) is 32.2 Å². The minimum Gasteiger partial charge on any atom is -0.463 e. The Hall–Kier alpha value is -2.35. The van der Waals surface area contributed by atoms with Gasteiger partial charge in [-0.25, -0.2) is 13.2 Å². The fraction of sp³-hybridized carbons (Fsp3) is 0.444. The molecule has 2 rings (SSSR count). The van der Waals surface area contributed by atoms with Crippen LogP contribution >= 0.6 is 0 Å². The van der Waals surface area contributed by atoms with Gasteiger partial charge in [-0.15, -0.1) is 0 Å². The van der Waals surface area contributed by atoms with Crippen LogP contribution in [-0.2, 0) is 35.7 Å². The van der Waals surface area contributed by atoms with Crippen molar-refractivity contribution in [2.75, 3.05) is 11.3 Å². The van der Waals surface area contributed by atoms with Gasteiger partial charge in [-0.05, 0) is 43.9 Å². The largest absolute Gasteiger partial charge is 0.463 e. The molecule has 0 aliphatic heterocycles. The third-order valence-electron chi connectivity index (χ3n) is 3.92. The SMILES string of the molecule is CCOC(=O)C1=CCCCC1S(=O)(=O)Nc1ccc(COC(C)=O)cc1. The summed E-state index contributed by atoms with van der Waals surface area (Å²) in [6.45, 7) is 3.32. The number of allylic oxidation sites excluding steroid dienone is 1. The Morgan fingerprint density at radius 3 is 2.50 bits per heavy atom. The standard InChI is InChI=1S/C18H23NO6S/c1-3-24-18(21)16-6-4-5-7-17(16)26(22,23)19-15-10-8-14(9-11-15)12-25-13(2)20/h6,8-11,17,19H,3-5,7,12H2,1-2H3. The Labute approximate surface area is 153 Å². The lowest BCUT2D eigenvalue weighted by Crippen LogP contribution is -2.34. The van der Waals surface area contributed by atoms with Crippen LogP contribution in [0.4, 0.5) is 5.69 Å². The van der Waals surface area contributed by atoms with Gasteiger partial charge in [-0.2, -0.15) is 0 Å². The summed E-state index contributed by atoms with van der Waals surface area (Å²) in [6, 6.07) is 6.52. The van der Waals surface area contributed by atoms with Crippen LogP contribution < -0.4 is 4.72 Å². The summed E-state index contributed by atoms with van der Waals surface area (Å²) in [6.07, 6.45) is 3.36. The van der Waals surface area contributed by atoms with Gasteiger partial charge in [0.2, 0.25) is 10.0 Å². The van der Waals surface area contributed by atoms with E-state index in [2.05, 4.69) is 4.72 Å². The maximum atomic E-state index is 12.7. The zero-order valence-corrected chi connectivity index (χ0v) is 15.7. The van der Waals surface area contributed by atoms with Crippen molar-refractivity contribution in [3.05, 3.63) is 41.5 Å². The second-order valence-corrected chi connectivity index (χ2v) is 7.79. The summed E-state index contributed by atoms with van der Waals surface area (Å²) in [5, 5.41) is -0.934. The number of esters is 2. The van der Waals surface area contributed by atoms with Gasteiger partial charge in [0, 0.05) is 12.6 Å². The van der Waals surface area contributed by atoms with E-state index >= 15 is 0 Å². The Morgan fingerprint density at radius 1 is 1.19 bits per heavy atom. The van der Waals surface area contributed by atoms with E-state index in [1.54, 1.807) is 37.3 Å². The fourth-order valence-electron chi connectivity index (χ4n) is 2.69. The van der Waals surface area contributed by atoms with Gasteiger partial charge in [0.05, 0.1) is 12.2 Å². The van der Waals surface area contributed by atoms with Gasteiger partial charge in [-0.3, -0.25) is 9.52 Å². The van der Waals surface area contributed by atoms with Crippen LogP contribution in [0.5, 0.6) is 0 Å². The minimum absolute atomic E-state index is 0.126. The smallest absolute Gasteiger partial charge is 0.335 e. The highest BCUT2D eigenvalue weighted by Crippen LogP contribution is 2.27. The van der Waals surface area contributed by atoms with Gasteiger partial charge in [0.15, 0.2) is 0 Å². The predicted octanol–water partition coefficient (Wildman–Crippen LogP) is 2.53. The third-order valence-corrected chi connectivity index (χ3v) is 5.68. The molecule has 1 aliphatic rings. The Kier molecular flexibility index (Phi) is 6.79. The highest BCUT2D eigenvalue weighted by molar-refractivity contribution is 7.93. The van der Waals surface area contributed by atoms with Crippen LogP contribution in [0.25, 0.3) is 0 Å². The van der Waals surface area contributed by atoms with Gasteiger partial charge in [0.25, 0.3) is 0 Å². The molecule has 1 aromatic carbocycles. The summed E-state index contributed by atoms with van der Waals surface area (Å²) >= 11 is 0. The summed E-state index contributed by atoms with van der Waals surface area (Å²) in [7, 11) is -3.79. The summed E-state index contributed by atoms with van der Waals surface area (Å²) in [5.41, 5.74) is 1.32. The van der Waals surface area contributed by atoms with E-state index in [1.165, 1.54) is 6.92 Å². The first kappa shape index (κ1) is 20.0. The molecule has 0 amide bonds. The molecule has 8 heteroatoms. The van der Waals surface area contributed by atoms with Crippen LogP contribution in [0.15, 0.2) is 35.9 Å². The van der Waals surface area contributed by atoms with Crippen LogP contribution in [0.3, 0.4) is 0 Å². The van der Waals surface area contributed by atoms with Gasteiger partial charge >= 0.3 is 11.9 Å².